The van der Waals surface area contributed by atoms with E-state index in [0.29, 0.717) is 13.1 Å². The van der Waals surface area contributed by atoms with Crippen molar-refractivity contribution < 1.29 is 4.79 Å². The minimum Gasteiger partial charge on any atom is -0.307 e. The van der Waals surface area contributed by atoms with Gasteiger partial charge in [0.2, 0.25) is 5.91 Å². The zero-order valence-corrected chi connectivity index (χ0v) is 12.5. The molecule has 1 aliphatic heterocycles. The third-order valence-electron chi connectivity index (χ3n) is 4.09. The lowest BCUT2D eigenvalue weighted by molar-refractivity contribution is -0.117. The van der Waals surface area contributed by atoms with E-state index in [9.17, 15) is 4.79 Å². The third-order valence-corrected chi connectivity index (χ3v) is 4.09. The van der Waals surface area contributed by atoms with Gasteiger partial charge in [-0.25, -0.2) is 0 Å². The van der Waals surface area contributed by atoms with E-state index < -0.39 is 0 Å². The Morgan fingerprint density at radius 1 is 1.05 bits per heavy atom. The minimum absolute atomic E-state index is 0.123. The number of benzene rings is 2. The summed E-state index contributed by atoms with van der Waals surface area (Å²) in [4.78, 5) is 14.3. The molecule has 1 aliphatic rings. The lowest BCUT2D eigenvalue weighted by atomic mass is 10.1. The van der Waals surface area contributed by atoms with Crippen LogP contribution in [-0.2, 0) is 17.9 Å². The molecule has 0 unspecified atom stereocenters. The summed E-state index contributed by atoms with van der Waals surface area (Å²) in [6.45, 7) is 5.97. The molecule has 108 valence electrons. The molecule has 0 atom stereocenters. The molecule has 1 N–H and O–H groups in total. The third kappa shape index (κ3) is 2.83. The van der Waals surface area contributed by atoms with Crippen molar-refractivity contribution in [3.8, 4) is 0 Å². The Morgan fingerprint density at radius 3 is 2.67 bits per heavy atom. The molecule has 0 aliphatic carbocycles. The number of para-hydroxylation sites is 1. The van der Waals surface area contributed by atoms with Gasteiger partial charge in [0.25, 0.3) is 0 Å². The van der Waals surface area contributed by atoms with Gasteiger partial charge in [-0.1, -0.05) is 36.4 Å². The first-order valence-corrected chi connectivity index (χ1v) is 7.30. The van der Waals surface area contributed by atoms with Crippen molar-refractivity contribution in [1.82, 2.24) is 5.32 Å². The average Bonchev–Trinajstić information content (AvgIpc) is 2.63. The van der Waals surface area contributed by atoms with E-state index in [4.69, 9.17) is 0 Å². The number of amides is 1. The number of hydrogen-bond acceptors (Lipinski definition) is 2. The molecule has 21 heavy (non-hydrogen) atoms. The Balaban J connectivity index is 1.95. The van der Waals surface area contributed by atoms with Gasteiger partial charge in [-0.05, 0) is 42.2 Å². The summed E-state index contributed by atoms with van der Waals surface area (Å²) in [5.41, 5.74) is 5.91. The predicted octanol–water partition coefficient (Wildman–Crippen LogP) is 2.94. The van der Waals surface area contributed by atoms with Gasteiger partial charge in [-0.15, -0.1) is 0 Å². The van der Waals surface area contributed by atoms with Gasteiger partial charge >= 0.3 is 0 Å². The second-order valence-corrected chi connectivity index (χ2v) is 5.63. The summed E-state index contributed by atoms with van der Waals surface area (Å²) in [6.07, 6.45) is 0. The number of aryl methyl sites for hydroxylation is 2. The molecule has 0 radical (unpaired) electrons. The summed E-state index contributed by atoms with van der Waals surface area (Å²) < 4.78 is 0. The van der Waals surface area contributed by atoms with Gasteiger partial charge < -0.3 is 10.2 Å². The van der Waals surface area contributed by atoms with Crippen LogP contribution < -0.4 is 10.2 Å². The van der Waals surface area contributed by atoms with Crippen LogP contribution in [0.2, 0.25) is 0 Å². The van der Waals surface area contributed by atoms with Gasteiger partial charge in [0, 0.05) is 12.2 Å². The number of carbonyl (C=O) groups excluding carboxylic acids is 1. The maximum atomic E-state index is 12.4. The Hall–Kier alpha value is -2.13. The highest BCUT2D eigenvalue weighted by atomic mass is 16.2. The van der Waals surface area contributed by atoms with Crippen LogP contribution in [0.25, 0.3) is 0 Å². The van der Waals surface area contributed by atoms with Gasteiger partial charge in [-0.2, -0.15) is 0 Å². The predicted molar refractivity (Wildman–Crippen MR) is 85.3 cm³/mol. The summed E-state index contributed by atoms with van der Waals surface area (Å²) >= 11 is 0. The molecule has 2 aromatic carbocycles. The van der Waals surface area contributed by atoms with Crippen LogP contribution in [0.5, 0.6) is 0 Å². The molecule has 0 saturated heterocycles. The Bertz CT molecular complexity index is 679. The fraction of sp³-hybridized carbons (Fsp3) is 0.278. The highest BCUT2D eigenvalue weighted by Crippen LogP contribution is 2.25. The zero-order valence-electron chi connectivity index (χ0n) is 12.5. The molecule has 0 fully saturated rings. The van der Waals surface area contributed by atoms with Crippen molar-refractivity contribution in [2.24, 2.45) is 0 Å². The number of carbonyl (C=O) groups is 1. The zero-order chi connectivity index (χ0) is 14.8. The lowest BCUT2D eigenvalue weighted by Gasteiger charge is -2.23. The standard InChI is InChI=1S/C18H20N2O/c1-13-7-8-15(9-14(13)2)12-20-17-6-4-3-5-16(17)10-19-11-18(20)21/h3-9,19H,10-12H2,1-2H3. The number of hydrogen-bond donors (Lipinski definition) is 1. The van der Waals surface area contributed by atoms with Crippen LogP contribution in [0.1, 0.15) is 22.3 Å². The van der Waals surface area contributed by atoms with Crippen molar-refractivity contribution in [2.75, 3.05) is 11.4 Å². The number of anilines is 1. The Kier molecular flexibility index (Phi) is 3.76. The lowest BCUT2D eigenvalue weighted by Crippen LogP contribution is -2.35. The number of fused-ring (bicyclic) bond motifs is 1. The van der Waals surface area contributed by atoms with Crippen LogP contribution in [-0.4, -0.2) is 12.5 Å². The first-order valence-electron chi connectivity index (χ1n) is 7.30. The van der Waals surface area contributed by atoms with Gasteiger partial charge in [0.1, 0.15) is 0 Å². The van der Waals surface area contributed by atoms with Crippen molar-refractivity contribution in [3.05, 3.63) is 64.7 Å². The van der Waals surface area contributed by atoms with Crippen LogP contribution in [0.15, 0.2) is 42.5 Å². The van der Waals surface area contributed by atoms with Crippen LogP contribution in [0.4, 0.5) is 5.69 Å². The van der Waals surface area contributed by atoms with E-state index in [2.05, 4.69) is 43.4 Å². The number of rotatable bonds is 2. The van der Waals surface area contributed by atoms with Gasteiger partial charge in [0.05, 0.1) is 13.1 Å². The van der Waals surface area contributed by atoms with E-state index in [1.54, 1.807) is 0 Å². The monoisotopic (exact) mass is 280 g/mol. The highest BCUT2D eigenvalue weighted by Gasteiger charge is 2.21. The van der Waals surface area contributed by atoms with Crippen molar-refractivity contribution >= 4 is 11.6 Å². The summed E-state index contributed by atoms with van der Waals surface area (Å²) in [5, 5.41) is 3.20. The topological polar surface area (TPSA) is 32.3 Å². The first kappa shape index (κ1) is 13.8. The second kappa shape index (κ2) is 5.70. The fourth-order valence-corrected chi connectivity index (χ4v) is 2.72. The summed E-state index contributed by atoms with van der Waals surface area (Å²) in [6, 6.07) is 14.5. The quantitative estimate of drug-likeness (QED) is 0.917. The maximum Gasteiger partial charge on any atom is 0.241 e. The summed E-state index contributed by atoms with van der Waals surface area (Å²) in [7, 11) is 0. The maximum absolute atomic E-state index is 12.4. The van der Waals surface area contributed by atoms with Crippen molar-refractivity contribution in [2.45, 2.75) is 26.9 Å². The first-order chi connectivity index (χ1) is 10.1. The molecule has 3 nitrogen and oxygen atoms in total. The molecule has 0 aromatic heterocycles. The number of nitrogens with one attached hydrogen (secondary N) is 1. The molecule has 1 amide bonds. The van der Waals surface area contributed by atoms with E-state index in [-0.39, 0.29) is 5.91 Å². The van der Waals surface area contributed by atoms with Gasteiger partial charge in [0.15, 0.2) is 0 Å². The second-order valence-electron chi connectivity index (χ2n) is 5.63. The SMILES string of the molecule is Cc1ccc(CN2C(=O)CNCc3ccccc32)cc1C. The van der Waals surface area contributed by atoms with Crippen molar-refractivity contribution in [3.63, 3.8) is 0 Å². The van der Waals surface area contributed by atoms with E-state index in [1.165, 1.54) is 22.3 Å². The minimum atomic E-state index is 0.123. The molecule has 3 heteroatoms. The average molecular weight is 280 g/mol. The smallest absolute Gasteiger partial charge is 0.241 e. The molecule has 0 spiro atoms. The molecule has 3 rings (SSSR count). The molecular formula is C18H20N2O. The van der Waals surface area contributed by atoms with Crippen LogP contribution in [0, 0.1) is 13.8 Å². The molecule has 0 saturated carbocycles. The van der Waals surface area contributed by atoms with Crippen molar-refractivity contribution in [1.29, 1.82) is 0 Å². The highest BCUT2D eigenvalue weighted by molar-refractivity contribution is 5.96. The van der Waals surface area contributed by atoms with E-state index in [0.717, 1.165) is 12.2 Å². The summed E-state index contributed by atoms with van der Waals surface area (Å²) in [5.74, 6) is 0.123. The van der Waals surface area contributed by atoms with Gasteiger partial charge in [-0.3, -0.25) is 4.79 Å². The molecule has 0 bridgehead atoms. The fourth-order valence-electron chi connectivity index (χ4n) is 2.72. The largest absolute Gasteiger partial charge is 0.307 e. The van der Waals surface area contributed by atoms with Crippen LogP contribution >= 0.6 is 0 Å². The normalized spacial score (nSPS) is 14.8. The van der Waals surface area contributed by atoms with Crippen LogP contribution in [0.3, 0.4) is 0 Å². The molecule has 1 heterocycles. The Labute approximate surface area is 125 Å². The molecule has 2 aromatic rings. The number of nitrogens with zero attached hydrogens (tertiary/aromatic N) is 1. The van der Waals surface area contributed by atoms with E-state index >= 15 is 0 Å². The molecular weight excluding hydrogens is 260 g/mol. The Morgan fingerprint density at radius 2 is 1.86 bits per heavy atom. The van der Waals surface area contributed by atoms with E-state index in [1.807, 2.05) is 23.1 Å².